The Hall–Kier alpha value is -2.66. The number of para-hydroxylation sites is 2. The van der Waals surface area contributed by atoms with Gasteiger partial charge in [-0.05, 0) is 24.3 Å². The van der Waals surface area contributed by atoms with Crippen molar-refractivity contribution in [2.75, 3.05) is 0 Å². The lowest BCUT2D eigenvalue weighted by Gasteiger charge is -1.95. The van der Waals surface area contributed by atoms with E-state index in [1.54, 1.807) is 0 Å². The number of nitrogens with zero attached hydrogens (tertiary/aromatic N) is 4. The zero-order chi connectivity index (χ0) is 14.1. The van der Waals surface area contributed by atoms with E-state index in [-0.39, 0.29) is 0 Å². The van der Waals surface area contributed by atoms with Gasteiger partial charge < -0.3 is 0 Å². The van der Waals surface area contributed by atoms with Gasteiger partial charge in [0, 0.05) is 5.39 Å². The number of rotatable bonds is 2. The van der Waals surface area contributed by atoms with E-state index in [4.69, 9.17) is 0 Å². The lowest BCUT2D eigenvalue weighted by atomic mass is 10.2. The van der Waals surface area contributed by atoms with Crippen LogP contribution < -0.4 is 0 Å². The molecule has 0 atom stereocenters. The van der Waals surface area contributed by atoms with Gasteiger partial charge in [0.2, 0.25) is 5.13 Å². The third kappa shape index (κ3) is 2.39. The van der Waals surface area contributed by atoms with Crippen molar-refractivity contribution in [1.29, 1.82) is 0 Å². The molecule has 4 aromatic rings. The lowest BCUT2D eigenvalue weighted by Crippen LogP contribution is -1.77. The Balaban J connectivity index is 1.69. The van der Waals surface area contributed by atoms with Gasteiger partial charge in [0.25, 0.3) is 0 Å². The molecule has 0 amide bonds. The Bertz CT molecular complexity index is 925. The number of benzene rings is 2. The molecule has 2 heterocycles. The van der Waals surface area contributed by atoms with Crippen molar-refractivity contribution < 1.29 is 0 Å². The molecule has 0 aliphatic heterocycles. The first-order valence-corrected chi connectivity index (χ1v) is 7.25. The summed E-state index contributed by atoms with van der Waals surface area (Å²) in [5, 5.41) is 10.0. The highest BCUT2D eigenvalue weighted by atomic mass is 32.1. The molecular formula is C16H9N4S. The summed E-state index contributed by atoms with van der Waals surface area (Å²) in [6.07, 6.45) is 2.88. The summed E-state index contributed by atoms with van der Waals surface area (Å²) in [7, 11) is 0. The zero-order valence-corrected chi connectivity index (χ0v) is 11.7. The first-order valence-electron chi connectivity index (χ1n) is 6.43. The molecule has 0 N–H and O–H groups in total. The van der Waals surface area contributed by atoms with Gasteiger partial charge in [0.1, 0.15) is 11.9 Å². The predicted molar refractivity (Wildman–Crippen MR) is 84.4 cm³/mol. The molecule has 2 aromatic heterocycles. The van der Waals surface area contributed by atoms with Gasteiger partial charge in [-0.3, -0.25) is 0 Å². The summed E-state index contributed by atoms with van der Waals surface area (Å²) in [6, 6.07) is 17.7. The molecule has 5 heteroatoms. The normalized spacial score (nSPS) is 11.6. The summed E-state index contributed by atoms with van der Waals surface area (Å²) in [5.74, 6) is 0. The molecule has 4 nitrogen and oxygen atoms in total. The van der Waals surface area contributed by atoms with Crippen LogP contribution in [0.1, 0.15) is 0 Å². The van der Waals surface area contributed by atoms with Crippen LogP contribution in [-0.2, 0) is 0 Å². The van der Waals surface area contributed by atoms with Crippen molar-refractivity contribution in [3.8, 4) is 0 Å². The van der Waals surface area contributed by atoms with Gasteiger partial charge in [-0.25, -0.2) is 9.97 Å². The van der Waals surface area contributed by atoms with Crippen LogP contribution in [0.15, 0.2) is 64.8 Å². The molecular weight excluding hydrogens is 280 g/mol. The van der Waals surface area contributed by atoms with Crippen LogP contribution in [0.5, 0.6) is 0 Å². The summed E-state index contributed by atoms with van der Waals surface area (Å²) in [6.45, 7) is 0. The Morgan fingerprint density at radius 3 is 2.62 bits per heavy atom. The van der Waals surface area contributed by atoms with Gasteiger partial charge >= 0.3 is 0 Å². The van der Waals surface area contributed by atoms with Crippen LogP contribution in [0, 0.1) is 6.20 Å². The van der Waals surface area contributed by atoms with E-state index in [1.165, 1.54) is 11.3 Å². The van der Waals surface area contributed by atoms with Crippen molar-refractivity contribution >= 4 is 43.3 Å². The van der Waals surface area contributed by atoms with Crippen LogP contribution in [0.3, 0.4) is 0 Å². The van der Waals surface area contributed by atoms with Crippen LogP contribution in [0.4, 0.5) is 10.8 Å². The van der Waals surface area contributed by atoms with Gasteiger partial charge in [-0.1, -0.05) is 41.7 Å². The molecule has 0 bridgehead atoms. The monoisotopic (exact) mass is 289 g/mol. The minimum atomic E-state index is 0.605. The van der Waals surface area contributed by atoms with E-state index in [0.717, 1.165) is 21.1 Å². The topological polar surface area (TPSA) is 50.5 Å². The van der Waals surface area contributed by atoms with E-state index >= 15 is 0 Å². The van der Waals surface area contributed by atoms with E-state index in [9.17, 15) is 0 Å². The van der Waals surface area contributed by atoms with E-state index < -0.39 is 0 Å². The highest BCUT2D eigenvalue weighted by molar-refractivity contribution is 7.21. The number of hydrogen-bond donors (Lipinski definition) is 0. The molecule has 2 aromatic carbocycles. The van der Waals surface area contributed by atoms with Crippen LogP contribution >= 0.6 is 11.3 Å². The number of pyridine rings is 1. The minimum Gasteiger partial charge on any atom is -0.244 e. The second kappa shape index (κ2) is 5.03. The van der Waals surface area contributed by atoms with Crippen molar-refractivity contribution in [3.63, 3.8) is 0 Å². The average molecular weight is 289 g/mol. The van der Waals surface area contributed by atoms with E-state index in [1.807, 2.05) is 54.6 Å². The molecule has 0 aliphatic carbocycles. The third-order valence-corrected chi connectivity index (χ3v) is 3.97. The molecule has 99 valence electrons. The average Bonchev–Trinajstić information content (AvgIpc) is 2.95. The fraction of sp³-hybridized carbons (Fsp3) is 0. The number of fused-ring (bicyclic) bond motifs is 2. The number of hydrogen-bond acceptors (Lipinski definition) is 5. The first-order chi connectivity index (χ1) is 10.4. The second-order valence-corrected chi connectivity index (χ2v) is 5.49. The van der Waals surface area contributed by atoms with Crippen LogP contribution in [-0.4, -0.2) is 9.97 Å². The maximum atomic E-state index is 4.41. The number of thiazole rings is 1. The molecule has 0 saturated heterocycles. The first kappa shape index (κ1) is 12.1. The predicted octanol–water partition coefficient (Wildman–Crippen LogP) is 5.06. The summed E-state index contributed by atoms with van der Waals surface area (Å²) >= 11 is 1.51. The maximum Gasteiger partial charge on any atom is 0.231 e. The number of aromatic nitrogens is 2. The summed E-state index contributed by atoms with van der Waals surface area (Å²) in [5.41, 5.74) is 2.45. The summed E-state index contributed by atoms with van der Waals surface area (Å²) < 4.78 is 1.10. The van der Waals surface area contributed by atoms with Crippen molar-refractivity contribution in [2.45, 2.75) is 0 Å². The fourth-order valence-corrected chi connectivity index (χ4v) is 2.85. The smallest absolute Gasteiger partial charge is 0.231 e. The van der Waals surface area contributed by atoms with E-state index in [2.05, 4.69) is 26.4 Å². The molecule has 0 spiro atoms. The fourth-order valence-electron chi connectivity index (χ4n) is 2.06. The minimum absolute atomic E-state index is 0.605. The quantitative estimate of drug-likeness (QED) is 0.484. The van der Waals surface area contributed by atoms with Gasteiger partial charge in [-0.2, -0.15) is 0 Å². The highest BCUT2D eigenvalue weighted by Crippen LogP contribution is 2.29. The van der Waals surface area contributed by atoms with Gasteiger partial charge in [0.15, 0.2) is 0 Å². The zero-order valence-electron chi connectivity index (χ0n) is 10.9. The largest absolute Gasteiger partial charge is 0.244 e. The Morgan fingerprint density at radius 2 is 1.71 bits per heavy atom. The molecule has 0 unspecified atom stereocenters. The number of azo groups is 1. The van der Waals surface area contributed by atoms with Crippen molar-refractivity contribution in [3.05, 3.63) is 60.8 Å². The standard InChI is InChI=1S/C16H9N4S/c1-2-6-13-11(5-1)9-12(10-17-13)19-20-16-18-14-7-3-4-8-15(14)21-16/h1-9H/b20-19+. The summed E-state index contributed by atoms with van der Waals surface area (Å²) in [4.78, 5) is 8.65. The van der Waals surface area contributed by atoms with Crippen molar-refractivity contribution in [1.82, 2.24) is 9.97 Å². The molecule has 0 saturated carbocycles. The second-order valence-electron chi connectivity index (χ2n) is 4.48. The van der Waals surface area contributed by atoms with Crippen molar-refractivity contribution in [2.24, 2.45) is 10.2 Å². The van der Waals surface area contributed by atoms with Gasteiger partial charge in [-0.15, -0.1) is 10.2 Å². The SMILES string of the molecule is [c]1nc2ccccc2cc1/N=N/c1nc2ccccc2s1. The van der Waals surface area contributed by atoms with E-state index in [0.29, 0.717) is 10.8 Å². The Kier molecular flexibility index (Phi) is 2.90. The van der Waals surface area contributed by atoms with Gasteiger partial charge in [0.05, 0.1) is 15.7 Å². The molecule has 0 fully saturated rings. The molecule has 0 aliphatic rings. The van der Waals surface area contributed by atoms with Crippen LogP contribution in [0.2, 0.25) is 0 Å². The maximum absolute atomic E-state index is 4.41. The Labute approximate surface area is 124 Å². The highest BCUT2D eigenvalue weighted by Gasteiger charge is 2.02. The molecule has 1 radical (unpaired) electrons. The lowest BCUT2D eigenvalue weighted by molar-refractivity contribution is 1.19. The third-order valence-electron chi connectivity index (χ3n) is 3.05. The molecule has 4 rings (SSSR count). The molecule has 21 heavy (non-hydrogen) atoms. The van der Waals surface area contributed by atoms with Crippen LogP contribution in [0.25, 0.3) is 21.1 Å². The Morgan fingerprint density at radius 1 is 0.905 bits per heavy atom.